The van der Waals surface area contributed by atoms with E-state index in [9.17, 15) is 0 Å². The number of para-hydroxylation sites is 1. The summed E-state index contributed by atoms with van der Waals surface area (Å²) in [6, 6.07) is 24.3. The number of fused-ring (bicyclic) bond motifs is 1. The standard InChI is InChI=1S/C22H22N4/c23-21(20-14-8-10-17-9-4-5-13-19(17)20)25-22(26-15-6-7-16-26)24-18-11-2-1-3-12-18/h1-5,8-14H,6-7,15-16H2,(H2,23,24,25). The average Bonchev–Trinajstić information content (AvgIpc) is 3.22. The van der Waals surface area contributed by atoms with Crippen molar-refractivity contribution in [1.82, 2.24) is 4.90 Å². The van der Waals surface area contributed by atoms with Crippen molar-refractivity contribution in [2.24, 2.45) is 15.7 Å². The van der Waals surface area contributed by atoms with E-state index in [0.717, 1.165) is 48.0 Å². The van der Waals surface area contributed by atoms with Gasteiger partial charge in [0.2, 0.25) is 5.96 Å². The second-order valence-electron chi connectivity index (χ2n) is 6.47. The number of nitrogens with two attached hydrogens (primary N) is 1. The largest absolute Gasteiger partial charge is 0.383 e. The van der Waals surface area contributed by atoms with Gasteiger partial charge in [-0.15, -0.1) is 0 Å². The van der Waals surface area contributed by atoms with E-state index in [2.05, 4.69) is 23.1 Å². The van der Waals surface area contributed by atoms with E-state index in [1.807, 2.05) is 54.6 Å². The molecule has 26 heavy (non-hydrogen) atoms. The third-order valence-electron chi connectivity index (χ3n) is 4.66. The van der Waals surface area contributed by atoms with Crippen molar-refractivity contribution in [1.29, 1.82) is 0 Å². The molecule has 1 saturated heterocycles. The second kappa shape index (κ2) is 7.40. The van der Waals surface area contributed by atoms with Crippen LogP contribution in [-0.2, 0) is 0 Å². The molecule has 0 saturated carbocycles. The van der Waals surface area contributed by atoms with E-state index < -0.39 is 0 Å². The molecule has 3 aromatic carbocycles. The predicted molar refractivity (Wildman–Crippen MR) is 109 cm³/mol. The predicted octanol–water partition coefficient (Wildman–Crippen LogP) is 4.33. The smallest absolute Gasteiger partial charge is 0.227 e. The van der Waals surface area contributed by atoms with Crippen LogP contribution in [0.5, 0.6) is 0 Å². The molecule has 0 aromatic heterocycles. The number of guanidine groups is 1. The van der Waals surface area contributed by atoms with Crippen molar-refractivity contribution in [3.05, 3.63) is 78.4 Å². The van der Waals surface area contributed by atoms with Crippen molar-refractivity contribution < 1.29 is 0 Å². The van der Waals surface area contributed by atoms with Crippen LogP contribution in [0, 0.1) is 0 Å². The maximum Gasteiger partial charge on any atom is 0.227 e. The Morgan fingerprint density at radius 1 is 0.808 bits per heavy atom. The van der Waals surface area contributed by atoms with E-state index >= 15 is 0 Å². The highest BCUT2D eigenvalue weighted by atomic mass is 15.3. The van der Waals surface area contributed by atoms with Crippen molar-refractivity contribution >= 4 is 28.3 Å². The maximum atomic E-state index is 6.43. The molecule has 4 rings (SSSR count). The van der Waals surface area contributed by atoms with E-state index in [1.165, 1.54) is 0 Å². The van der Waals surface area contributed by atoms with Crippen molar-refractivity contribution in [3.63, 3.8) is 0 Å². The Balaban J connectivity index is 1.77. The van der Waals surface area contributed by atoms with Crippen molar-refractivity contribution in [3.8, 4) is 0 Å². The first-order valence-corrected chi connectivity index (χ1v) is 9.02. The summed E-state index contributed by atoms with van der Waals surface area (Å²) in [4.78, 5) is 11.7. The number of benzene rings is 3. The minimum absolute atomic E-state index is 0.503. The molecule has 130 valence electrons. The highest BCUT2D eigenvalue weighted by Crippen LogP contribution is 2.20. The van der Waals surface area contributed by atoms with Gasteiger partial charge in [0.1, 0.15) is 5.84 Å². The lowest BCUT2D eigenvalue weighted by atomic mass is 10.0. The van der Waals surface area contributed by atoms with E-state index in [4.69, 9.17) is 15.7 Å². The molecule has 1 fully saturated rings. The zero-order valence-corrected chi connectivity index (χ0v) is 14.7. The van der Waals surface area contributed by atoms with E-state index in [-0.39, 0.29) is 0 Å². The zero-order valence-electron chi connectivity index (χ0n) is 14.7. The lowest BCUT2D eigenvalue weighted by molar-refractivity contribution is 0.514. The summed E-state index contributed by atoms with van der Waals surface area (Å²) in [5.74, 6) is 1.20. The van der Waals surface area contributed by atoms with Gasteiger partial charge in [0.15, 0.2) is 0 Å². The normalized spacial score (nSPS) is 15.6. The molecule has 0 bridgehead atoms. The third kappa shape index (κ3) is 3.45. The Bertz CT molecular complexity index is 949. The molecule has 0 atom stereocenters. The number of hydrogen-bond acceptors (Lipinski definition) is 1. The van der Waals surface area contributed by atoms with Crippen LogP contribution in [0.2, 0.25) is 0 Å². The van der Waals surface area contributed by atoms with Crippen LogP contribution in [0.15, 0.2) is 82.8 Å². The molecule has 1 aliphatic heterocycles. The van der Waals surface area contributed by atoms with Gasteiger partial charge >= 0.3 is 0 Å². The van der Waals surface area contributed by atoms with Gasteiger partial charge in [-0.2, -0.15) is 4.99 Å². The average molecular weight is 342 g/mol. The zero-order chi connectivity index (χ0) is 17.8. The number of rotatable bonds is 2. The monoisotopic (exact) mass is 342 g/mol. The molecule has 2 N–H and O–H groups in total. The highest BCUT2D eigenvalue weighted by Gasteiger charge is 2.17. The quantitative estimate of drug-likeness (QED) is 0.557. The van der Waals surface area contributed by atoms with Gasteiger partial charge in [0, 0.05) is 18.7 Å². The number of aliphatic imine (C=N–C) groups is 2. The van der Waals surface area contributed by atoms with Gasteiger partial charge < -0.3 is 10.6 Å². The van der Waals surface area contributed by atoms with Crippen LogP contribution < -0.4 is 5.73 Å². The third-order valence-corrected chi connectivity index (χ3v) is 4.66. The molecule has 0 unspecified atom stereocenters. The fourth-order valence-corrected chi connectivity index (χ4v) is 3.32. The summed E-state index contributed by atoms with van der Waals surface area (Å²) in [7, 11) is 0. The number of hydrogen-bond donors (Lipinski definition) is 1. The van der Waals surface area contributed by atoms with E-state index in [0.29, 0.717) is 11.8 Å². The molecular formula is C22H22N4. The topological polar surface area (TPSA) is 54.0 Å². The molecule has 0 radical (unpaired) electrons. The van der Waals surface area contributed by atoms with Crippen LogP contribution in [0.25, 0.3) is 10.8 Å². The summed E-state index contributed by atoms with van der Waals surface area (Å²) >= 11 is 0. The number of likely N-dealkylation sites (tertiary alicyclic amines) is 1. The Labute approximate surface area is 153 Å². The highest BCUT2D eigenvalue weighted by molar-refractivity contribution is 6.12. The van der Waals surface area contributed by atoms with Gasteiger partial charge in [0.05, 0.1) is 5.69 Å². The summed E-state index contributed by atoms with van der Waals surface area (Å²) in [5.41, 5.74) is 8.27. The molecule has 0 amide bonds. The molecular weight excluding hydrogens is 320 g/mol. The first-order valence-electron chi connectivity index (χ1n) is 9.02. The van der Waals surface area contributed by atoms with Crippen LogP contribution in [0.3, 0.4) is 0 Å². The molecule has 0 aliphatic carbocycles. The molecule has 4 heteroatoms. The Kier molecular flexibility index (Phi) is 4.65. The fraction of sp³-hybridized carbons (Fsp3) is 0.182. The second-order valence-corrected chi connectivity index (χ2v) is 6.47. The maximum absolute atomic E-state index is 6.43. The first kappa shape index (κ1) is 16.3. The lowest BCUT2D eigenvalue weighted by Gasteiger charge is -2.17. The van der Waals surface area contributed by atoms with Gasteiger partial charge in [-0.3, -0.25) is 0 Å². The Hall–Kier alpha value is -3.14. The minimum atomic E-state index is 0.503. The van der Waals surface area contributed by atoms with Crippen molar-refractivity contribution in [2.75, 3.05) is 13.1 Å². The van der Waals surface area contributed by atoms with Gasteiger partial charge in [-0.05, 0) is 35.7 Å². The van der Waals surface area contributed by atoms with Gasteiger partial charge in [-0.1, -0.05) is 60.7 Å². The summed E-state index contributed by atoms with van der Waals surface area (Å²) in [6.07, 6.45) is 2.33. The first-order chi connectivity index (χ1) is 12.8. The molecule has 1 heterocycles. The molecule has 0 spiro atoms. The van der Waals surface area contributed by atoms with Gasteiger partial charge in [-0.25, -0.2) is 4.99 Å². The van der Waals surface area contributed by atoms with Gasteiger partial charge in [0.25, 0.3) is 0 Å². The van der Waals surface area contributed by atoms with Crippen LogP contribution in [-0.4, -0.2) is 29.8 Å². The summed E-state index contributed by atoms with van der Waals surface area (Å²) in [6.45, 7) is 1.94. The Morgan fingerprint density at radius 2 is 1.50 bits per heavy atom. The molecule has 4 nitrogen and oxygen atoms in total. The van der Waals surface area contributed by atoms with Crippen LogP contribution >= 0.6 is 0 Å². The summed E-state index contributed by atoms with van der Waals surface area (Å²) < 4.78 is 0. The van der Waals surface area contributed by atoms with Crippen LogP contribution in [0.4, 0.5) is 5.69 Å². The Morgan fingerprint density at radius 3 is 2.31 bits per heavy atom. The SMILES string of the molecule is NC(=NC(=Nc1ccccc1)N1CCCC1)c1cccc2ccccc12. The lowest BCUT2D eigenvalue weighted by Crippen LogP contribution is -2.29. The molecule has 3 aromatic rings. The number of nitrogens with zero attached hydrogens (tertiary/aromatic N) is 3. The number of amidine groups is 1. The summed E-state index contributed by atoms with van der Waals surface area (Å²) in [5, 5.41) is 2.27. The molecule has 1 aliphatic rings. The van der Waals surface area contributed by atoms with Crippen LogP contribution in [0.1, 0.15) is 18.4 Å². The van der Waals surface area contributed by atoms with Crippen molar-refractivity contribution in [2.45, 2.75) is 12.8 Å². The fourth-order valence-electron chi connectivity index (χ4n) is 3.32. The van der Waals surface area contributed by atoms with E-state index in [1.54, 1.807) is 0 Å². The minimum Gasteiger partial charge on any atom is -0.383 e.